The van der Waals surface area contributed by atoms with Gasteiger partial charge in [-0.05, 0) is 24.1 Å². The van der Waals surface area contributed by atoms with Gasteiger partial charge in [-0.15, -0.1) is 0 Å². The number of hydrogen-bond donors (Lipinski definition) is 3. The van der Waals surface area contributed by atoms with Crippen LogP contribution in [0.3, 0.4) is 0 Å². The Hall–Kier alpha value is -2.41. The molecule has 0 radical (unpaired) electrons. The molecular weight excluding hydrogens is 257 g/mol. The molecule has 1 aromatic rings. The van der Waals surface area contributed by atoms with Gasteiger partial charge >= 0.3 is 5.97 Å². The van der Waals surface area contributed by atoms with E-state index >= 15 is 0 Å². The second-order valence-electron chi connectivity index (χ2n) is 3.53. The van der Waals surface area contributed by atoms with Crippen LogP contribution in [0.15, 0.2) is 36.1 Å². The maximum atomic E-state index is 12.6. The van der Waals surface area contributed by atoms with E-state index in [2.05, 4.69) is 0 Å². The molecule has 0 atom stereocenters. The second kappa shape index (κ2) is 7.12. The lowest BCUT2D eigenvalue weighted by Gasteiger charge is -2.04. The number of rotatable bonds is 6. The first-order chi connectivity index (χ1) is 8.99. The van der Waals surface area contributed by atoms with Gasteiger partial charge in [0.2, 0.25) is 5.76 Å². The van der Waals surface area contributed by atoms with E-state index in [1.807, 2.05) is 5.48 Å². The molecule has 0 aliphatic heterocycles. The first-order valence-electron chi connectivity index (χ1n) is 5.29. The van der Waals surface area contributed by atoms with Crippen LogP contribution >= 0.6 is 0 Å². The topological polar surface area (TPSA) is 95.9 Å². The Morgan fingerprint density at radius 2 is 1.89 bits per heavy atom. The summed E-state index contributed by atoms with van der Waals surface area (Å²) in [5.41, 5.74) is 2.76. The molecule has 0 bridgehead atoms. The molecule has 0 saturated heterocycles. The summed E-state index contributed by atoms with van der Waals surface area (Å²) in [6.45, 7) is 0.124. The predicted molar refractivity (Wildman–Crippen MR) is 62.5 cm³/mol. The van der Waals surface area contributed by atoms with Gasteiger partial charge in [-0.1, -0.05) is 12.1 Å². The van der Waals surface area contributed by atoms with Gasteiger partial charge in [-0.3, -0.25) is 9.63 Å². The van der Waals surface area contributed by atoms with Crippen LogP contribution in [0.1, 0.15) is 5.56 Å². The normalized spacial score (nSPS) is 11.1. The Morgan fingerprint density at radius 3 is 2.47 bits per heavy atom. The molecule has 0 spiro atoms. The van der Waals surface area contributed by atoms with Gasteiger partial charge in [0, 0.05) is 0 Å². The average molecular weight is 269 g/mol. The molecule has 7 heteroatoms. The molecule has 0 aromatic heterocycles. The number of carbonyl (C=O) groups is 2. The Morgan fingerprint density at radius 1 is 1.26 bits per heavy atom. The molecule has 0 heterocycles. The first kappa shape index (κ1) is 14.7. The van der Waals surface area contributed by atoms with Crippen LogP contribution in [0.2, 0.25) is 0 Å². The number of benzene rings is 1. The number of hydroxylamine groups is 1. The minimum absolute atomic E-state index is 0.124. The van der Waals surface area contributed by atoms with E-state index in [0.717, 1.165) is 5.56 Å². The molecule has 1 rings (SSSR count). The molecule has 0 aliphatic carbocycles. The Bertz CT molecular complexity index is 483. The third-order valence-electron chi connectivity index (χ3n) is 2.07. The summed E-state index contributed by atoms with van der Waals surface area (Å²) in [5, 5.41) is 17.1. The van der Waals surface area contributed by atoms with E-state index in [-0.39, 0.29) is 12.4 Å². The SMILES string of the molecule is O=C(C=C(O)C(=O)O)NOCCc1ccc(F)cc1. The highest BCUT2D eigenvalue weighted by molar-refractivity contribution is 5.95. The fourth-order valence-corrected chi connectivity index (χ4v) is 1.16. The number of carbonyl (C=O) groups excluding carboxylic acids is 1. The van der Waals surface area contributed by atoms with Crippen LogP contribution < -0.4 is 5.48 Å². The van der Waals surface area contributed by atoms with Gasteiger partial charge in [0.1, 0.15) is 5.82 Å². The maximum absolute atomic E-state index is 12.6. The summed E-state index contributed by atoms with van der Waals surface area (Å²) < 4.78 is 12.6. The molecular formula is C12H12FNO5. The molecule has 0 fully saturated rings. The number of aliphatic carboxylic acids is 1. The largest absolute Gasteiger partial charge is 0.502 e. The summed E-state index contributed by atoms with van der Waals surface area (Å²) in [4.78, 5) is 26.0. The van der Waals surface area contributed by atoms with Gasteiger partial charge in [0.25, 0.3) is 5.91 Å². The van der Waals surface area contributed by atoms with Crippen LogP contribution in [0.4, 0.5) is 4.39 Å². The van der Waals surface area contributed by atoms with Crippen molar-refractivity contribution in [1.29, 1.82) is 0 Å². The van der Waals surface area contributed by atoms with Gasteiger partial charge in [-0.2, -0.15) is 0 Å². The molecule has 1 aromatic carbocycles. The van der Waals surface area contributed by atoms with Gasteiger partial charge in [0.15, 0.2) is 0 Å². The monoisotopic (exact) mass is 269 g/mol. The van der Waals surface area contributed by atoms with Crippen molar-refractivity contribution in [2.24, 2.45) is 0 Å². The highest BCUT2D eigenvalue weighted by atomic mass is 19.1. The van der Waals surface area contributed by atoms with Crippen molar-refractivity contribution in [3.8, 4) is 0 Å². The average Bonchev–Trinajstić information content (AvgIpc) is 2.36. The number of amides is 1. The molecule has 0 unspecified atom stereocenters. The third kappa shape index (κ3) is 5.64. The summed E-state index contributed by atoms with van der Waals surface area (Å²) in [6.07, 6.45) is 0.926. The molecule has 0 saturated carbocycles. The van der Waals surface area contributed by atoms with Crippen molar-refractivity contribution in [3.05, 3.63) is 47.5 Å². The number of hydrogen-bond acceptors (Lipinski definition) is 4. The van der Waals surface area contributed by atoms with Crippen LogP contribution in [0.25, 0.3) is 0 Å². The van der Waals surface area contributed by atoms with E-state index in [0.29, 0.717) is 12.5 Å². The van der Waals surface area contributed by atoms with Crippen molar-refractivity contribution in [2.75, 3.05) is 6.61 Å². The van der Waals surface area contributed by atoms with Gasteiger partial charge in [-0.25, -0.2) is 14.7 Å². The van der Waals surface area contributed by atoms with Crippen LogP contribution in [0.5, 0.6) is 0 Å². The fourth-order valence-electron chi connectivity index (χ4n) is 1.16. The standard InChI is InChI=1S/C12H12FNO5/c13-9-3-1-8(2-4-9)5-6-19-14-11(16)7-10(15)12(17)18/h1-4,7,15H,5-6H2,(H,14,16)(H,17,18). The Labute approximate surface area is 108 Å². The maximum Gasteiger partial charge on any atom is 0.371 e. The number of aliphatic hydroxyl groups excluding tert-OH is 1. The van der Waals surface area contributed by atoms with Crippen molar-refractivity contribution < 1.29 is 29.0 Å². The molecule has 3 N–H and O–H groups in total. The lowest BCUT2D eigenvalue weighted by atomic mass is 10.2. The van der Waals surface area contributed by atoms with Gasteiger partial charge in [0.05, 0.1) is 12.7 Å². The predicted octanol–water partition coefficient (Wildman–Crippen LogP) is 0.942. The third-order valence-corrected chi connectivity index (χ3v) is 2.07. The van der Waals surface area contributed by atoms with Crippen molar-refractivity contribution in [3.63, 3.8) is 0 Å². The zero-order chi connectivity index (χ0) is 14.3. The molecule has 102 valence electrons. The van der Waals surface area contributed by atoms with Crippen LogP contribution in [0, 0.1) is 5.82 Å². The Balaban J connectivity index is 2.27. The van der Waals surface area contributed by atoms with E-state index in [9.17, 15) is 14.0 Å². The van der Waals surface area contributed by atoms with Crippen molar-refractivity contribution >= 4 is 11.9 Å². The minimum Gasteiger partial charge on any atom is -0.502 e. The summed E-state index contributed by atoms with van der Waals surface area (Å²) >= 11 is 0. The Kier molecular flexibility index (Phi) is 5.49. The lowest BCUT2D eigenvalue weighted by molar-refractivity contribution is -0.136. The zero-order valence-electron chi connectivity index (χ0n) is 9.80. The fraction of sp³-hybridized carbons (Fsp3) is 0.167. The van der Waals surface area contributed by atoms with E-state index in [1.54, 1.807) is 12.1 Å². The molecule has 1 amide bonds. The van der Waals surface area contributed by atoms with Gasteiger partial charge < -0.3 is 10.2 Å². The van der Waals surface area contributed by atoms with E-state index in [4.69, 9.17) is 15.1 Å². The quantitative estimate of drug-likeness (QED) is 0.309. The smallest absolute Gasteiger partial charge is 0.371 e. The first-order valence-corrected chi connectivity index (χ1v) is 5.29. The summed E-state index contributed by atoms with van der Waals surface area (Å²) in [6, 6.07) is 5.77. The van der Waals surface area contributed by atoms with Crippen LogP contribution in [-0.2, 0) is 20.8 Å². The van der Waals surface area contributed by atoms with Crippen LogP contribution in [-0.4, -0.2) is 28.7 Å². The second-order valence-corrected chi connectivity index (χ2v) is 3.53. The molecule has 0 aliphatic rings. The lowest BCUT2D eigenvalue weighted by Crippen LogP contribution is -2.23. The number of halogens is 1. The zero-order valence-corrected chi connectivity index (χ0v) is 9.80. The number of carboxylic acid groups (broad SMARTS) is 1. The van der Waals surface area contributed by atoms with E-state index < -0.39 is 17.6 Å². The summed E-state index contributed by atoms with van der Waals surface area (Å²) in [5.74, 6) is -3.92. The highest BCUT2D eigenvalue weighted by Crippen LogP contribution is 2.03. The minimum atomic E-state index is -1.61. The van der Waals surface area contributed by atoms with Crippen molar-refractivity contribution in [1.82, 2.24) is 5.48 Å². The summed E-state index contributed by atoms with van der Waals surface area (Å²) in [7, 11) is 0. The number of nitrogens with one attached hydrogen (secondary N) is 1. The number of aliphatic hydroxyl groups is 1. The highest BCUT2D eigenvalue weighted by Gasteiger charge is 2.06. The molecule has 6 nitrogen and oxygen atoms in total. The number of carboxylic acids is 1. The van der Waals surface area contributed by atoms with Crippen molar-refractivity contribution in [2.45, 2.75) is 6.42 Å². The van der Waals surface area contributed by atoms with E-state index in [1.165, 1.54) is 12.1 Å². The molecule has 19 heavy (non-hydrogen) atoms.